The Labute approximate surface area is 153 Å². The third-order valence-electron chi connectivity index (χ3n) is 4.60. The number of ketones is 1. The molecule has 0 radical (unpaired) electrons. The van der Waals surface area contributed by atoms with Crippen LogP contribution in [0, 0.1) is 0 Å². The first-order valence-corrected chi connectivity index (χ1v) is 9.24. The van der Waals surface area contributed by atoms with E-state index < -0.39 is 17.6 Å². The first-order chi connectivity index (χ1) is 12.5. The van der Waals surface area contributed by atoms with Gasteiger partial charge in [0, 0.05) is 17.1 Å². The van der Waals surface area contributed by atoms with Crippen LogP contribution in [0.15, 0.2) is 40.8 Å². The van der Waals surface area contributed by atoms with Crippen LogP contribution in [0.2, 0.25) is 0 Å². The number of aromatic nitrogens is 2. The summed E-state index contributed by atoms with van der Waals surface area (Å²) in [6.07, 6.45) is 4.86. The van der Waals surface area contributed by atoms with E-state index in [9.17, 15) is 14.4 Å². The second-order valence-electron chi connectivity index (χ2n) is 6.28. The Morgan fingerprint density at radius 1 is 1.27 bits per heavy atom. The summed E-state index contributed by atoms with van der Waals surface area (Å²) >= 11 is 1.29. The van der Waals surface area contributed by atoms with Gasteiger partial charge in [0.1, 0.15) is 5.56 Å². The van der Waals surface area contributed by atoms with E-state index >= 15 is 0 Å². The quantitative estimate of drug-likeness (QED) is 0.523. The third-order valence-corrected chi connectivity index (χ3v) is 5.37. The molecule has 2 aromatic heterocycles. The molecule has 7 heteroatoms. The molecule has 1 atom stereocenters. The maximum absolute atomic E-state index is 12.6. The van der Waals surface area contributed by atoms with Crippen LogP contribution in [0.3, 0.4) is 0 Å². The fraction of sp³-hybridized carbons (Fsp3) is 0.263. The second-order valence-corrected chi connectivity index (χ2v) is 7.15. The fourth-order valence-corrected chi connectivity index (χ4v) is 3.88. The predicted molar refractivity (Wildman–Crippen MR) is 97.0 cm³/mol. The minimum Gasteiger partial charge on any atom is -0.450 e. The van der Waals surface area contributed by atoms with Gasteiger partial charge in [-0.15, -0.1) is 11.3 Å². The van der Waals surface area contributed by atoms with Crippen molar-refractivity contribution >= 4 is 28.1 Å². The number of benzene rings is 1. The average molecular weight is 368 g/mol. The van der Waals surface area contributed by atoms with Crippen LogP contribution < -0.4 is 5.56 Å². The summed E-state index contributed by atoms with van der Waals surface area (Å²) in [6, 6.07) is 5.61. The first-order valence-electron chi connectivity index (χ1n) is 8.36. The molecule has 1 aliphatic rings. The zero-order valence-corrected chi connectivity index (χ0v) is 14.9. The molecule has 2 heterocycles. The van der Waals surface area contributed by atoms with Crippen molar-refractivity contribution in [2.45, 2.75) is 32.3 Å². The van der Waals surface area contributed by atoms with Crippen molar-refractivity contribution in [2.24, 2.45) is 0 Å². The number of Topliss-reactive ketones (excluding diaryl/α,β-unsaturated/α-hetero) is 1. The number of hydrogen-bond acceptors (Lipinski definition) is 6. The summed E-state index contributed by atoms with van der Waals surface area (Å²) in [4.78, 5) is 41.8. The second kappa shape index (κ2) is 6.49. The lowest BCUT2D eigenvalue weighted by Crippen LogP contribution is -2.29. The highest BCUT2D eigenvalue weighted by Crippen LogP contribution is 2.23. The molecule has 1 aliphatic carbocycles. The molecule has 0 aliphatic heterocycles. The molecule has 0 N–H and O–H groups in total. The van der Waals surface area contributed by atoms with E-state index in [4.69, 9.17) is 4.74 Å². The normalized spacial score (nSPS) is 14.2. The van der Waals surface area contributed by atoms with Crippen molar-refractivity contribution < 1.29 is 14.3 Å². The van der Waals surface area contributed by atoms with Gasteiger partial charge in [-0.25, -0.2) is 9.78 Å². The standard InChI is InChI=1S/C19H16N2O4S/c1-11(16(22)14-6-5-12-3-2-4-13(12)9-14)25-18(24)15-10-20-19-21(17(15)23)7-8-26-19/h5-11H,2-4H2,1H3. The van der Waals surface area contributed by atoms with Crippen molar-refractivity contribution in [3.05, 3.63) is 68.6 Å². The topological polar surface area (TPSA) is 77.7 Å². The number of nitrogens with zero attached hydrogens (tertiary/aromatic N) is 2. The number of aryl methyl sites for hydroxylation is 2. The largest absolute Gasteiger partial charge is 0.450 e. The van der Waals surface area contributed by atoms with Gasteiger partial charge in [-0.05, 0) is 43.4 Å². The molecule has 0 spiro atoms. The average Bonchev–Trinajstić information content (AvgIpc) is 3.29. The van der Waals surface area contributed by atoms with Crippen LogP contribution in [0.5, 0.6) is 0 Å². The molecule has 0 saturated heterocycles. The maximum Gasteiger partial charge on any atom is 0.346 e. The Morgan fingerprint density at radius 3 is 2.92 bits per heavy atom. The van der Waals surface area contributed by atoms with E-state index in [1.807, 2.05) is 12.1 Å². The Bertz CT molecular complexity index is 1080. The van der Waals surface area contributed by atoms with Crippen LogP contribution >= 0.6 is 11.3 Å². The van der Waals surface area contributed by atoms with Crippen molar-refractivity contribution in [1.82, 2.24) is 9.38 Å². The van der Waals surface area contributed by atoms with Crippen LogP contribution in [-0.2, 0) is 17.6 Å². The van der Waals surface area contributed by atoms with E-state index in [1.165, 1.54) is 40.0 Å². The molecular formula is C19H16N2O4S. The fourth-order valence-electron chi connectivity index (χ4n) is 3.20. The number of rotatable bonds is 4. The Hall–Kier alpha value is -2.80. The SMILES string of the molecule is CC(OC(=O)c1cnc2sccn2c1=O)C(=O)c1ccc2c(c1)CCC2. The van der Waals surface area contributed by atoms with Crippen molar-refractivity contribution in [2.75, 3.05) is 0 Å². The zero-order valence-electron chi connectivity index (χ0n) is 14.1. The third kappa shape index (κ3) is 2.84. The van der Waals surface area contributed by atoms with Gasteiger partial charge in [0.25, 0.3) is 5.56 Å². The molecule has 0 bridgehead atoms. The van der Waals surface area contributed by atoms with Gasteiger partial charge < -0.3 is 4.74 Å². The lowest BCUT2D eigenvalue weighted by Gasteiger charge is -2.13. The Morgan fingerprint density at radius 2 is 2.08 bits per heavy atom. The van der Waals surface area contributed by atoms with Gasteiger partial charge in [0.05, 0.1) is 6.20 Å². The molecular weight excluding hydrogens is 352 g/mol. The van der Waals surface area contributed by atoms with Crippen molar-refractivity contribution in [3.8, 4) is 0 Å². The monoisotopic (exact) mass is 368 g/mol. The number of carbonyl (C=O) groups excluding carboxylic acids is 2. The number of ether oxygens (including phenoxy) is 1. The highest BCUT2D eigenvalue weighted by Gasteiger charge is 2.24. The van der Waals surface area contributed by atoms with Gasteiger partial charge in [-0.2, -0.15) is 0 Å². The van der Waals surface area contributed by atoms with E-state index in [-0.39, 0.29) is 11.3 Å². The van der Waals surface area contributed by atoms with Crippen LogP contribution in [-0.4, -0.2) is 27.2 Å². The molecule has 1 aromatic carbocycles. The number of hydrogen-bond donors (Lipinski definition) is 0. The summed E-state index contributed by atoms with van der Waals surface area (Å²) in [5.74, 6) is -1.12. The Balaban J connectivity index is 1.54. The summed E-state index contributed by atoms with van der Waals surface area (Å²) in [5, 5.41) is 1.71. The highest BCUT2D eigenvalue weighted by molar-refractivity contribution is 7.15. The molecule has 26 heavy (non-hydrogen) atoms. The maximum atomic E-state index is 12.6. The molecule has 3 aromatic rings. The minimum atomic E-state index is -0.982. The zero-order chi connectivity index (χ0) is 18.3. The lowest BCUT2D eigenvalue weighted by molar-refractivity contribution is 0.0316. The number of thiazole rings is 1. The summed E-state index contributed by atoms with van der Waals surface area (Å²) < 4.78 is 6.53. The molecule has 1 unspecified atom stereocenters. The summed E-state index contributed by atoms with van der Waals surface area (Å²) in [7, 11) is 0. The molecule has 4 rings (SSSR count). The molecule has 6 nitrogen and oxygen atoms in total. The van der Waals surface area contributed by atoms with E-state index in [2.05, 4.69) is 4.98 Å². The van der Waals surface area contributed by atoms with E-state index in [0.717, 1.165) is 19.3 Å². The van der Waals surface area contributed by atoms with Gasteiger partial charge in [0.15, 0.2) is 11.1 Å². The van der Waals surface area contributed by atoms with Gasteiger partial charge in [0.2, 0.25) is 5.78 Å². The van der Waals surface area contributed by atoms with Crippen molar-refractivity contribution in [1.29, 1.82) is 0 Å². The van der Waals surface area contributed by atoms with Crippen LogP contribution in [0.25, 0.3) is 4.96 Å². The first kappa shape index (κ1) is 16.7. The summed E-state index contributed by atoms with van der Waals surface area (Å²) in [5.41, 5.74) is 2.29. The smallest absolute Gasteiger partial charge is 0.346 e. The summed E-state index contributed by atoms with van der Waals surface area (Å²) in [6.45, 7) is 1.52. The number of carbonyl (C=O) groups is 2. The van der Waals surface area contributed by atoms with E-state index in [1.54, 1.807) is 17.6 Å². The number of esters is 1. The predicted octanol–water partition coefficient (Wildman–Crippen LogP) is 2.67. The highest BCUT2D eigenvalue weighted by atomic mass is 32.1. The molecule has 0 amide bonds. The van der Waals surface area contributed by atoms with Gasteiger partial charge in [-0.3, -0.25) is 14.0 Å². The van der Waals surface area contributed by atoms with Crippen molar-refractivity contribution in [3.63, 3.8) is 0 Å². The minimum absolute atomic E-state index is 0.186. The molecule has 132 valence electrons. The van der Waals surface area contributed by atoms with Gasteiger partial charge >= 0.3 is 5.97 Å². The molecule has 0 saturated carbocycles. The lowest BCUT2D eigenvalue weighted by atomic mass is 10.0. The number of fused-ring (bicyclic) bond motifs is 2. The van der Waals surface area contributed by atoms with Crippen LogP contribution in [0.1, 0.15) is 45.2 Å². The van der Waals surface area contributed by atoms with Crippen LogP contribution in [0.4, 0.5) is 0 Å². The van der Waals surface area contributed by atoms with Gasteiger partial charge in [-0.1, -0.05) is 12.1 Å². The Kier molecular flexibility index (Phi) is 4.16. The van der Waals surface area contributed by atoms with E-state index in [0.29, 0.717) is 10.5 Å². The molecule has 0 fully saturated rings.